The quantitative estimate of drug-likeness (QED) is 0.541. The van der Waals surface area contributed by atoms with E-state index in [0.717, 1.165) is 24.0 Å². The summed E-state index contributed by atoms with van der Waals surface area (Å²) in [6.07, 6.45) is 1.79. The van der Waals surface area contributed by atoms with Gasteiger partial charge in [0.15, 0.2) is 11.5 Å². The number of hydrogen-bond acceptors (Lipinski definition) is 5. The van der Waals surface area contributed by atoms with Crippen molar-refractivity contribution in [2.24, 2.45) is 0 Å². The highest BCUT2D eigenvalue weighted by molar-refractivity contribution is 5.96. The number of benzene rings is 2. The van der Waals surface area contributed by atoms with E-state index in [1.807, 2.05) is 61.5 Å². The molecule has 1 heterocycles. The van der Waals surface area contributed by atoms with Gasteiger partial charge in [0.1, 0.15) is 0 Å². The lowest BCUT2D eigenvalue weighted by atomic mass is 10.2. The summed E-state index contributed by atoms with van der Waals surface area (Å²) in [5.74, 6) is -0.0541. The second-order valence-electron chi connectivity index (χ2n) is 5.39. The highest BCUT2D eigenvalue weighted by Gasteiger charge is 2.18. The highest BCUT2D eigenvalue weighted by Crippen LogP contribution is 2.21. The summed E-state index contributed by atoms with van der Waals surface area (Å²) in [4.78, 5) is 21.4. The zero-order valence-corrected chi connectivity index (χ0v) is 13.5. The van der Waals surface area contributed by atoms with Crippen molar-refractivity contribution in [3.05, 3.63) is 60.3 Å². The van der Waals surface area contributed by atoms with Crippen LogP contribution >= 0.6 is 0 Å². The fraction of sp³-hybridized carbons (Fsp3) is 0.211. The van der Waals surface area contributed by atoms with Gasteiger partial charge >= 0.3 is 5.97 Å². The number of aromatic nitrogens is 2. The molecule has 0 saturated carbocycles. The zero-order chi connectivity index (χ0) is 16.8. The lowest BCUT2D eigenvalue weighted by Gasteiger charge is -2.11. The third-order valence-corrected chi connectivity index (χ3v) is 3.53. The molecule has 0 fully saturated rings. The molecule has 0 aliphatic heterocycles. The van der Waals surface area contributed by atoms with Gasteiger partial charge in [-0.05, 0) is 30.7 Å². The molecule has 5 heteroatoms. The van der Waals surface area contributed by atoms with E-state index >= 15 is 0 Å². The number of fused-ring (bicyclic) bond motifs is 1. The van der Waals surface area contributed by atoms with Gasteiger partial charge in [-0.2, -0.15) is 0 Å². The molecular formula is C19H19N3O2. The van der Waals surface area contributed by atoms with Crippen LogP contribution in [0.15, 0.2) is 54.6 Å². The van der Waals surface area contributed by atoms with E-state index < -0.39 is 5.97 Å². The number of carbonyl (C=O) groups excluding carboxylic acids is 1. The topological polar surface area (TPSA) is 64.1 Å². The summed E-state index contributed by atoms with van der Waals surface area (Å²) in [5.41, 5.74) is 2.43. The molecule has 0 aliphatic rings. The lowest BCUT2D eigenvalue weighted by Crippen LogP contribution is -2.13. The van der Waals surface area contributed by atoms with Crippen LogP contribution < -0.4 is 5.32 Å². The van der Waals surface area contributed by atoms with Crippen molar-refractivity contribution in [3.8, 4) is 0 Å². The second kappa shape index (κ2) is 7.55. The first-order chi connectivity index (χ1) is 11.8. The molecule has 5 nitrogen and oxygen atoms in total. The first kappa shape index (κ1) is 15.9. The molecule has 0 atom stereocenters. The number of rotatable bonds is 6. The largest absolute Gasteiger partial charge is 0.461 e. The van der Waals surface area contributed by atoms with Gasteiger partial charge in [0, 0.05) is 5.69 Å². The molecule has 0 saturated heterocycles. The molecule has 0 aliphatic carbocycles. The second-order valence-corrected chi connectivity index (χ2v) is 5.39. The molecule has 0 unspecified atom stereocenters. The van der Waals surface area contributed by atoms with Crippen LogP contribution in [-0.2, 0) is 4.74 Å². The maximum Gasteiger partial charge on any atom is 0.360 e. The molecule has 3 aromatic rings. The van der Waals surface area contributed by atoms with Crippen molar-refractivity contribution in [1.82, 2.24) is 9.97 Å². The predicted molar refractivity (Wildman–Crippen MR) is 94.5 cm³/mol. The number of nitrogens with one attached hydrogen (secondary N) is 1. The summed E-state index contributed by atoms with van der Waals surface area (Å²) in [5, 5.41) is 3.16. The first-order valence-electron chi connectivity index (χ1n) is 8.04. The predicted octanol–water partition coefficient (Wildman–Crippen LogP) is 4.33. The van der Waals surface area contributed by atoms with E-state index in [2.05, 4.69) is 15.3 Å². The number of para-hydroxylation sites is 3. The Balaban J connectivity index is 1.97. The minimum atomic E-state index is -0.458. The van der Waals surface area contributed by atoms with E-state index in [9.17, 15) is 4.79 Å². The Morgan fingerprint density at radius 2 is 1.67 bits per heavy atom. The fourth-order valence-electron chi connectivity index (χ4n) is 2.27. The lowest BCUT2D eigenvalue weighted by molar-refractivity contribution is 0.0494. The van der Waals surface area contributed by atoms with Crippen LogP contribution in [0.3, 0.4) is 0 Å². The van der Waals surface area contributed by atoms with Gasteiger partial charge in [-0.3, -0.25) is 0 Å². The average Bonchev–Trinajstić information content (AvgIpc) is 2.62. The van der Waals surface area contributed by atoms with E-state index in [0.29, 0.717) is 17.9 Å². The third kappa shape index (κ3) is 3.68. The van der Waals surface area contributed by atoms with Gasteiger partial charge in [-0.15, -0.1) is 0 Å². The van der Waals surface area contributed by atoms with Crippen LogP contribution in [0.5, 0.6) is 0 Å². The van der Waals surface area contributed by atoms with E-state index in [-0.39, 0.29) is 5.69 Å². The maximum absolute atomic E-state index is 12.4. The van der Waals surface area contributed by atoms with Crippen LogP contribution in [-0.4, -0.2) is 22.5 Å². The van der Waals surface area contributed by atoms with Crippen molar-refractivity contribution in [1.29, 1.82) is 0 Å². The maximum atomic E-state index is 12.4. The Morgan fingerprint density at radius 1 is 1.00 bits per heavy atom. The highest BCUT2D eigenvalue weighted by atomic mass is 16.5. The summed E-state index contributed by atoms with van der Waals surface area (Å²) >= 11 is 0. The summed E-state index contributed by atoms with van der Waals surface area (Å²) < 4.78 is 5.31. The van der Waals surface area contributed by atoms with Crippen LogP contribution in [0.4, 0.5) is 11.5 Å². The van der Waals surface area contributed by atoms with Crippen LogP contribution in [0, 0.1) is 0 Å². The number of ether oxygens (including phenoxy) is 1. The third-order valence-electron chi connectivity index (χ3n) is 3.53. The molecule has 1 N–H and O–H groups in total. The number of nitrogens with zero attached hydrogens (tertiary/aromatic N) is 2. The Labute approximate surface area is 140 Å². The van der Waals surface area contributed by atoms with Crippen molar-refractivity contribution in [2.45, 2.75) is 19.8 Å². The van der Waals surface area contributed by atoms with Crippen molar-refractivity contribution in [3.63, 3.8) is 0 Å². The Kier molecular flexibility index (Phi) is 5.01. The molecule has 24 heavy (non-hydrogen) atoms. The number of hydrogen-bond donors (Lipinski definition) is 1. The summed E-state index contributed by atoms with van der Waals surface area (Å²) in [6, 6.07) is 17.0. The van der Waals surface area contributed by atoms with Gasteiger partial charge in [-0.25, -0.2) is 14.8 Å². The van der Waals surface area contributed by atoms with Gasteiger partial charge in [-0.1, -0.05) is 43.7 Å². The molecule has 0 spiro atoms. The summed E-state index contributed by atoms with van der Waals surface area (Å²) in [6.45, 7) is 2.43. The van der Waals surface area contributed by atoms with Crippen molar-refractivity contribution >= 4 is 28.5 Å². The number of unbranched alkanes of at least 4 members (excludes halogenated alkanes) is 1. The standard InChI is InChI=1S/C19H19N3O2/c1-2-3-13-24-19(23)17-18(20-14-9-5-4-6-10-14)22-16-12-8-7-11-15(16)21-17/h4-12H,2-3,13H2,1H3,(H,20,22). The SMILES string of the molecule is CCCCOC(=O)c1nc2ccccc2nc1Nc1ccccc1. The molecule has 1 aromatic heterocycles. The smallest absolute Gasteiger partial charge is 0.360 e. The number of esters is 1. The van der Waals surface area contributed by atoms with E-state index in [1.165, 1.54) is 0 Å². The van der Waals surface area contributed by atoms with Gasteiger partial charge in [0.2, 0.25) is 0 Å². The minimum absolute atomic E-state index is 0.202. The van der Waals surface area contributed by atoms with Gasteiger partial charge in [0.05, 0.1) is 17.6 Å². The normalized spacial score (nSPS) is 10.5. The Bertz CT molecular complexity index is 834. The van der Waals surface area contributed by atoms with Gasteiger partial charge in [0.25, 0.3) is 0 Å². The average molecular weight is 321 g/mol. The molecule has 0 radical (unpaired) electrons. The molecule has 0 bridgehead atoms. The number of anilines is 2. The van der Waals surface area contributed by atoms with Crippen LogP contribution in [0.2, 0.25) is 0 Å². The molecule has 0 amide bonds. The van der Waals surface area contributed by atoms with Gasteiger partial charge < -0.3 is 10.1 Å². The van der Waals surface area contributed by atoms with E-state index in [4.69, 9.17) is 4.74 Å². The van der Waals surface area contributed by atoms with E-state index in [1.54, 1.807) is 0 Å². The molecule has 3 rings (SSSR count). The number of carbonyl (C=O) groups is 1. The zero-order valence-electron chi connectivity index (χ0n) is 13.5. The fourth-order valence-corrected chi connectivity index (χ4v) is 2.27. The minimum Gasteiger partial charge on any atom is -0.461 e. The van der Waals surface area contributed by atoms with Crippen LogP contribution in [0.25, 0.3) is 11.0 Å². The summed E-state index contributed by atoms with van der Waals surface area (Å²) in [7, 11) is 0. The Hall–Kier alpha value is -2.95. The molecule has 2 aromatic carbocycles. The van der Waals surface area contributed by atoms with Crippen molar-refractivity contribution < 1.29 is 9.53 Å². The Morgan fingerprint density at radius 3 is 2.38 bits per heavy atom. The van der Waals surface area contributed by atoms with Crippen molar-refractivity contribution in [2.75, 3.05) is 11.9 Å². The molecule has 122 valence electrons. The molecular weight excluding hydrogens is 302 g/mol. The first-order valence-corrected chi connectivity index (χ1v) is 8.04. The van der Waals surface area contributed by atoms with Crippen LogP contribution in [0.1, 0.15) is 30.3 Å². The monoisotopic (exact) mass is 321 g/mol.